The Kier molecular flexibility index (Phi) is 5.16. The summed E-state index contributed by atoms with van der Waals surface area (Å²) in [4.78, 5) is 22.6. The molecule has 3 rings (SSSR count). The average molecular weight is 330 g/mol. The SMILES string of the molecule is Cc1ccc2nc([C@H](NC(=O)CN3CCOCC3)C(C)C)[nH]c2c1. The number of carbonyl (C=O) groups excluding carboxylic acids is 1. The first kappa shape index (κ1) is 16.9. The molecule has 1 atom stereocenters. The first-order chi connectivity index (χ1) is 11.5. The van der Waals surface area contributed by atoms with E-state index in [1.807, 2.05) is 12.1 Å². The monoisotopic (exact) mass is 330 g/mol. The Bertz CT molecular complexity index is 704. The van der Waals surface area contributed by atoms with E-state index in [0.717, 1.165) is 29.9 Å². The number of aryl methyl sites for hydroxylation is 1. The van der Waals surface area contributed by atoms with Gasteiger partial charge in [-0.1, -0.05) is 19.9 Å². The third kappa shape index (κ3) is 3.94. The van der Waals surface area contributed by atoms with Crippen molar-refractivity contribution in [3.63, 3.8) is 0 Å². The molecular formula is C18H26N4O2. The number of fused-ring (bicyclic) bond motifs is 1. The molecule has 1 aromatic carbocycles. The molecule has 130 valence electrons. The second-order valence-corrected chi connectivity index (χ2v) is 6.82. The second-order valence-electron chi connectivity index (χ2n) is 6.82. The van der Waals surface area contributed by atoms with Crippen LogP contribution >= 0.6 is 0 Å². The van der Waals surface area contributed by atoms with Crippen molar-refractivity contribution in [3.05, 3.63) is 29.6 Å². The fourth-order valence-corrected chi connectivity index (χ4v) is 3.02. The highest BCUT2D eigenvalue weighted by molar-refractivity contribution is 5.79. The number of nitrogens with one attached hydrogen (secondary N) is 2. The van der Waals surface area contributed by atoms with Gasteiger partial charge in [0.05, 0.1) is 36.8 Å². The van der Waals surface area contributed by atoms with Crippen LogP contribution in [0.4, 0.5) is 0 Å². The minimum atomic E-state index is -0.119. The predicted octanol–water partition coefficient (Wildman–Crippen LogP) is 2.02. The molecule has 6 heteroatoms. The lowest BCUT2D eigenvalue weighted by molar-refractivity contribution is -0.124. The van der Waals surface area contributed by atoms with Crippen molar-refractivity contribution in [2.45, 2.75) is 26.8 Å². The van der Waals surface area contributed by atoms with Gasteiger partial charge in [0.25, 0.3) is 0 Å². The maximum absolute atomic E-state index is 12.4. The normalized spacial score (nSPS) is 17.3. The van der Waals surface area contributed by atoms with Crippen LogP contribution in [0.2, 0.25) is 0 Å². The van der Waals surface area contributed by atoms with Gasteiger partial charge < -0.3 is 15.0 Å². The fourth-order valence-electron chi connectivity index (χ4n) is 3.02. The zero-order valence-corrected chi connectivity index (χ0v) is 14.6. The number of carbonyl (C=O) groups is 1. The predicted molar refractivity (Wildman–Crippen MR) is 93.8 cm³/mol. The van der Waals surface area contributed by atoms with E-state index >= 15 is 0 Å². The molecule has 0 bridgehead atoms. The molecule has 6 nitrogen and oxygen atoms in total. The van der Waals surface area contributed by atoms with Crippen molar-refractivity contribution in [3.8, 4) is 0 Å². The molecule has 24 heavy (non-hydrogen) atoms. The number of aromatic amines is 1. The Hall–Kier alpha value is -1.92. The van der Waals surface area contributed by atoms with E-state index in [1.54, 1.807) is 0 Å². The molecular weight excluding hydrogens is 304 g/mol. The zero-order chi connectivity index (χ0) is 17.1. The van der Waals surface area contributed by atoms with Crippen molar-refractivity contribution in [2.75, 3.05) is 32.8 Å². The number of hydrogen-bond donors (Lipinski definition) is 2. The summed E-state index contributed by atoms with van der Waals surface area (Å²) in [5.74, 6) is 1.11. The highest BCUT2D eigenvalue weighted by Gasteiger charge is 2.23. The zero-order valence-electron chi connectivity index (χ0n) is 14.6. The number of benzene rings is 1. The highest BCUT2D eigenvalue weighted by Crippen LogP contribution is 2.22. The van der Waals surface area contributed by atoms with Gasteiger partial charge in [0.2, 0.25) is 5.91 Å². The molecule has 1 aliphatic heterocycles. The fraction of sp³-hybridized carbons (Fsp3) is 0.556. The molecule has 1 aromatic heterocycles. The van der Waals surface area contributed by atoms with Gasteiger partial charge in [-0.25, -0.2) is 4.98 Å². The van der Waals surface area contributed by atoms with Gasteiger partial charge in [-0.15, -0.1) is 0 Å². The van der Waals surface area contributed by atoms with E-state index < -0.39 is 0 Å². The van der Waals surface area contributed by atoms with Gasteiger partial charge in [0.1, 0.15) is 5.82 Å². The van der Waals surface area contributed by atoms with E-state index in [9.17, 15) is 4.79 Å². The number of aromatic nitrogens is 2. The van der Waals surface area contributed by atoms with E-state index in [2.05, 4.69) is 47.0 Å². The van der Waals surface area contributed by atoms with Crippen LogP contribution in [-0.4, -0.2) is 53.6 Å². The third-order valence-electron chi connectivity index (χ3n) is 4.40. The first-order valence-electron chi connectivity index (χ1n) is 8.58. The van der Waals surface area contributed by atoms with E-state index in [1.165, 1.54) is 5.56 Å². The minimum absolute atomic E-state index is 0.0345. The summed E-state index contributed by atoms with van der Waals surface area (Å²) < 4.78 is 5.32. The van der Waals surface area contributed by atoms with Crippen LogP contribution in [0.25, 0.3) is 11.0 Å². The second kappa shape index (κ2) is 7.32. The number of hydrogen-bond acceptors (Lipinski definition) is 4. The average Bonchev–Trinajstić information content (AvgIpc) is 2.96. The first-order valence-corrected chi connectivity index (χ1v) is 8.58. The van der Waals surface area contributed by atoms with Crippen LogP contribution < -0.4 is 5.32 Å². The van der Waals surface area contributed by atoms with Crippen LogP contribution in [-0.2, 0) is 9.53 Å². The molecule has 0 radical (unpaired) electrons. The molecule has 0 saturated carbocycles. The Labute approximate surface area is 142 Å². The number of rotatable bonds is 5. The summed E-state index contributed by atoms with van der Waals surface area (Å²) in [6, 6.07) is 6.02. The quantitative estimate of drug-likeness (QED) is 0.880. The lowest BCUT2D eigenvalue weighted by atomic mass is 10.0. The van der Waals surface area contributed by atoms with Gasteiger partial charge in [0.15, 0.2) is 0 Å². The molecule has 1 amide bonds. The van der Waals surface area contributed by atoms with Gasteiger partial charge in [-0.2, -0.15) is 0 Å². The molecule has 0 aliphatic carbocycles. The number of ether oxygens (including phenoxy) is 1. The molecule has 2 N–H and O–H groups in total. The summed E-state index contributed by atoms with van der Waals surface area (Å²) in [7, 11) is 0. The van der Waals surface area contributed by atoms with Crippen LogP contribution in [0.3, 0.4) is 0 Å². The van der Waals surface area contributed by atoms with Crippen molar-refractivity contribution in [1.82, 2.24) is 20.2 Å². The van der Waals surface area contributed by atoms with Crippen LogP contribution in [0.5, 0.6) is 0 Å². The van der Waals surface area contributed by atoms with E-state index in [0.29, 0.717) is 19.8 Å². The molecule has 1 aliphatic rings. The van der Waals surface area contributed by atoms with Gasteiger partial charge >= 0.3 is 0 Å². The Balaban J connectivity index is 1.72. The van der Waals surface area contributed by atoms with Gasteiger partial charge in [-0.3, -0.25) is 9.69 Å². The summed E-state index contributed by atoms with van der Waals surface area (Å²) >= 11 is 0. The molecule has 0 unspecified atom stereocenters. The van der Waals surface area contributed by atoms with Crippen molar-refractivity contribution in [1.29, 1.82) is 0 Å². The number of nitrogens with zero attached hydrogens (tertiary/aromatic N) is 2. The standard InChI is InChI=1S/C18H26N4O2/c1-12(2)17(21-16(23)11-22-6-8-24-9-7-22)18-19-14-5-4-13(3)10-15(14)20-18/h4-5,10,12,17H,6-9,11H2,1-3H3,(H,19,20)(H,21,23)/t17-/m1/s1. The largest absolute Gasteiger partial charge is 0.379 e. The van der Waals surface area contributed by atoms with Crippen LogP contribution in [0, 0.1) is 12.8 Å². The summed E-state index contributed by atoms with van der Waals surface area (Å²) in [5, 5.41) is 3.14. The Morgan fingerprint density at radius 1 is 1.38 bits per heavy atom. The van der Waals surface area contributed by atoms with E-state index in [-0.39, 0.29) is 17.9 Å². The molecule has 2 aromatic rings. The van der Waals surface area contributed by atoms with Gasteiger partial charge in [0, 0.05) is 13.1 Å². The molecule has 2 heterocycles. The maximum atomic E-state index is 12.4. The van der Waals surface area contributed by atoms with Crippen LogP contribution in [0.15, 0.2) is 18.2 Å². The minimum Gasteiger partial charge on any atom is -0.379 e. The molecule has 1 saturated heterocycles. The smallest absolute Gasteiger partial charge is 0.234 e. The number of amides is 1. The highest BCUT2D eigenvalue weighted by atomic mass is 16.5. The lowest BCUT2D eigenvalue weighted by Gasteiger charge is -2.27. The molecule has 0 spiro atoms. The number of imidazole rings is 1. The van der Waals surface area contributed by atoms with Crippen molar-refractivity contribution < 1.29 is 9.53 Å². The topological polar surface area (TPSA) is 70.2 Å². The number of morpholine rings is 1. The molecule has 1 fully saturated rings. The van der Waals surface area contributed by atoms with Crippen LogP contribution in [0.1, 0.15) is 31.3 Å². The van der Waals surface area contributed by atoms with Crippen molar-refractivity contribution >= 4 is 16.9 Å². The number of H-pyrrole nitrogens is 1. The Morgan fingerprint density at radius 2 is 2.12 bits per heavy atom. The van der Waals surface area contributed by atoms with Gasteiger partial charge in [-0.05, 0) is 30.5 Å². The third-order valence-corrected chi connectivity index (χ3v) is 4.40. The lowest BCUT2D eigenvalue weighted by Crippen LogP contribution is -2.44. The van der Waals surface area contributed by atoms with Crippen molar-refractivity contribution in [2.24, 2.45) is 5.92 Å². The maximum Gasteiger partial charge on any atom is 0.234 e. The summed E-state index contributed by atoms with van der Waals surface area (Å²) in [6.45, 7) is 9.67. The summed E-state index contributed by atoms with van der Waals surface area (Å²) in [6.07, 6.45) is 0. The summed E-state index contributed by atoms with van der Waals surface area (Å²) in [5.41, 5.74) is 3.14. The Morgan fingerprint density at radius 3 is 2.83 bits per heavy atom. The van der Waals surface area contributed by atoms with E-state index in [4.69, 9.17) is 4.74 Å².